The second kappa shape index (κ2) is 6.32. The predicted molar refractivity (Wildman–Crippen MR) is 94.5 cm³/mol. The van der Waals surface area contributed by atoms with Crippen LogP contribution in [0.2, 0.25) is 0 Å². The van der Waals surface area contributed by atoms with E-state index < -0.39 is 0 Å². The summed E-state index contributed by atoms with van der Waals surface area (Å²) in [5.74, 6) is 0.612. The highest BCUT2D eigenvalue weighted by atomic mass is 15.1. The van der Waals surface area contributed by atoms with Crippen LogP contribution in [0.5, 0.6) is 0 Å². The molecule has 1 fully saturated rings. The highest BCUT2D eigenvalue weighted by Gasteiger charge is 2.17. The lowest BCUT2D eigenvalue weighted by Crippen LogP contribution is -2.23. The van der Waals surface area contributed by atoms with Crippen molar-refractivity contribution in [3.8, 4) is 17.3 Å². The summed E-state index contributed by atoms with van der Waals surface area (Å²) in [5.41, 5.74) is 3.16. The Morgan fingerprint density at radius 1 is 1.17 bits per heavy atom. The van der Waals surface area contributed by atoms with E-state index in [0.717, 1.165) is 29.3 Å². The van der Waals surface area contributed by atoms with Gasteiger partial charge in [0.15, 0.2) is 0 Å². The average molecular weight is 317 g/mol. The Labute approximate surface area is 140 Å². The van der Waals surface area contributed by atoms with Gasteiger partial charge < -0.3 is 10.3 Å². The van der Waals surface area contributed by atoms with Gasteiger partial charge >= 0.3 is 0 Å². The molecule has 1 aliphatic rings. The SMILES string of the molecule is N#Cc1cnc(NC2CCCCC2)nc1-c1c[nH]c2ccccc12. The van der Waals surface area contributed by atoms with Gasteiger partial charge in [-0.15, -0.1) is 0 Å². The van der Waals surface area contributed by atoms with Crippen molar-refractivity contribution in [2.24, 2.45) is 0 Å². The van der Waals surface area contributed by atoms with Crippen molar-refractivity contribution in [2.45, 2.75) is 38.1 Å². The van der Waals surface area contributed by atoms with Gasteiger partial charge in [-0.25, -0.2) is 9.97 Å². The van der Waals surface area contributed by atoms with E-state index >= 15 is 0 Å². The zero-order valence-electron chi connectivity index (χ0n) is 13.4. The maximum absolute atomic E-state index is 9.44. The lowest BCUT2D eigenvalue weighted by atomic mass is 9.96. The molecule has 5 nitrogen and oxygen atoms in total. The molecule has 0 atom stereocenters. The first kappa shape index (κ1) is 14.7. The van der Waals surface area contributed by atoms with Crippen molar-refractivity contribution in [1.82, 2.24) is 15.0 Å². The lowest BCUT2D eigenvalue weighted by molar-refractivity contribution is 0.461. The molecule has 0 amide bonds. The van der Waals surface area contributed by atoms with Gasteiger partial charge in [0.1, 0.15) is 6.07 Å². The average Bonchev–Trinajstić information content (AvgIpc) is 3.06. The van der Waals surface area contributed by atoms with E-state index in [1.54, 1.807) is 6.20 Å². The van der Waals surface area contributed by atoms with Crippen LogP contribution in [-0.4, -0.2) is 21.0 Å². The van der Waals surface area contributed by atoms with Gasteiger partial charge in [0.05, 0.1) is 17.5 Å². The van der Waals surface area contributed by atoms with Crippen molar-refractivity contribution < 1.29 is 0 Å². The first-order chi connectivity index (χ1) is 11.8. The number of hydrogen-bond acceptors (Lipinski definition) is 4. The third-order valence-electron chi connectivity index (χ3n) is 4.69. The first-order valence-electron chi connectivity index (χ1n) is 8.45. The van der Waals surface area contributed by atoms with Crippen LogP contribution < -0.4 is 5.32 Å². The number of H-pyrrole nitrogens is 1. The minimum Gasteiger partial charge on any atom is -0.360 e. The molecule has 0 aliphatic heterocycles. The topological polar surface area (TPSA) is 77.4 Å². The van der Waals surface area contributed by atoms with Crippen molar-refractivity contribution in [3.63, 3.8) is 0 Å². The molecule has 120 valence electrons. The first-order valence-corrected chi connectivity index (χ1v) is 8.45. The molecule has 0 radical (unpaired) electrons. The summed E-state index contributed by atoms with van der Waals surface area (Å²) in [4.78, 5) is 12.3. The molecule has 2 aromatic heterocycles. The number of fused-ring (bicyclic) bond motifs is 1. The fourth-order valence-corrected chi connectivity index (χ4v) is 3.44. The monoisotopic (exact) mass is 317 g/mol. The summed E-state index contributed by atoms with van der Waals surface area (Å²) in [5, 5.41) is 13.9. The third-order valence-corrected chi connectivity index (χ3v) is 4.69. The zero-order valence-corrected chi connectivity index (χ0v) is 13.4. The van der Waals surface area contributed by atoms with Crippen molar-refractivity contribution >= 4 is 16.9 Å². The van der Waals surface area contributed by atoms with E-state index in [1.165, 1.54) is 19.3 Å². The fourth-order valence-electron chi connectivity index (χ4n) is 3.44. The maximum Gasteiger partial charge on any atom is 0.223 e. The number of anilines is 1. The second-order valence-electron chi connectivity index (χ2n) is 6.29. The van der Waals surface area contributed by atoms with Crippen molar-refractivity contribution in [2.75, 3.05) is 5.32 Å². The van der Waals surface area contributed by atoms with Gasteiger partial charge in [-0.2, -0.15) is 5.26 Å². The normalized spacial score (nSPS) is 15.3. The Bertz CT molecular complexity index is 900. The number of benzene rings is 1. The summed E-state index contributed by atoms with van der Waals surface area (Å²) in [6.45, 7) is 0. The van der Waals surface area contributed by atoms with E-state index in [1.807, 2.05) is 30.5 Å². The van der Waals surface area contributed by atoms with Crippen molar-refractivity contribution in [1.29, 1.82) is 5.26 Å². The van der Waals surface area contributed by atoms with E-state index in [-0.39, 0.29) is 0 Å². The molecule has 2 N–H and O–H groups in total. The Hall–Kier alpha value is -2.87. The van der Waals surface area contributed by atoms with Crippen LogP contribution in [0.25, 0.3) is 22.2 Å². The third kappa shape index (κ3) is 2.71. The van der Waals surface area contributed by atoms with Crippen LogP contribution in [0, 0.1) is 11.3 Å². The maximum atomic E-state index is 9.44. The Morgan fingerprint density at radius 3 is 2.83 bits per heavy atom. The molecule has 0 spiro atoms. The number of hydrogen-bond donors (Lipinski definition) is 2. The van der Waals surface area contributed by atoms with Gasteiger partial charge in [0.25, 0.3) is 0 Å². The van der Waals surface area contributed by atoms with Crippen LogP contribution >= 0.6 is 0 Å². The summed E-state index contributed by atoms with van der Waals surface area (Å²) in [6, 6.07) is 10.7. The molecule has 24 heavy (non-hydrogen) atoms. The fraction of sp³-hybridized carbons (Fsp3) is 0.316. The minimum atomic E-state index is 0.433. The van der Waals surface area contributed by atoms with E-state index in [4.69, 9.17) is 0 Å². The van der Waals surface area contributed by atoms with Gasteiger partial charge in [-0.1, -0.05) is 37.5 Å². The largest absolute Gasteiger partial charge is 0.360 e. The smallest absolute Gasteiger partial charge is 0.223 e. The summed E-state index contributed by atoms with van der Waals surface area (Å²) in [6.07, 6.45) is 9.67. The van der Waals surface area contributed by atoms with Crippen LogP contribution in [0.4, 0.5) is 5.95 Å². The number of nitrogens with one attached hydrogen (secondary N) is 2. The zero-order chi connectivity index (χ0) is 16.4. The Morgan fingerprint density at radius 2 is 2.00 bits per heavy atom. The molecular formula is C19H19N5. The molecule has 1 saturated carbocycles. The Balaban J connectivity index is 1.73. The van der Waals surface area contributed by atoms with Crippen molar-refractivity contribution in [3.05, 3.63) is 42.2 Å². The van der Waals surface area contributed by atoms with E-state index in [0.29, 0.717) is 23.2 Å². The molecule has 3 aromatic rings. The number of nitriles is 1. The summed E-state index contributed by atoms with van der Waals surface area (Å²) >= 11 is 0. The molecule has 0 unspecified atom stereocenters. The number of para-hydroxylation sites is 1. The number of nitrogens with zero attached hydrogens (tertiary/aromatic N) is 3. The number of rotatable bonds is 3. The lowest BCUT2D eigenvalue weighted by Gasteiger charge is -2.22. The molecule has 0 bridgehead atoms. The van der Waals surface area contributed by atoms with Gasteiger partial charge in [0, 0.05) is 28.7 Å². The van der Waals surface area contributed by atoms with Gasteiger partial charge in [-0.05, 0) is 18.9 Å². The Kier molecular flexibility index (Phi) is 3.87. The second-order valence-corrected chi connectivity index (χ2v) is 6.29. The molecule has 1 aliphatic carbocycles. The highest BCUT2D eigenvalue weighted by molar-refractivity contribution is 5.95. The quantitative estimate of drug-likeness (QED) is 0.757. The van der Waals surface area contributed by atoms with E-state index in [9.17, 15) is 5.26 Å². The number of aromatic amines is 1. The predicted octanol–water partition coefficient (Wildman–Crippen LogP) is 4.24. The molecular weight excluding hydrogens is 298 g/mol. The van der Waals surface area contributed by atoms with Crippen LogP contribution in [-0.2, 0) is 0 Å². The molecule has 2 heterocycles. The van der Waals surface area contributed by atoms with Gasteiger partial charge in [0.2, 0.25) is 5.95 Å². The molecule has 0 saturated heterocycles. The highest BCUT2D eigenvalue weighted by Crippen LogP contribution is 2.30. The summed E-state index contributed by atoms with van der Waals surface area (Å²) < 4.78 is 0. The standard InChI is InChI=1S/C19H19N5/c20-10-13-11-22-19(23-14-6-2-1-3-7-14)24-18(13)16-12-21-17-9-5-4-8-15(16)17/h4-5,8-9,11-12,14,21H,1-3,6-7H2,(H,22,23,24). The van der Waals surface area contributed by atoms with E-state index in [2.05, 4.69) is 26.3 Å². The van der Waals surface area contributed by atoms with Gasteiger partial charge in [-0.3, -0.25) is 0 Å². The van der Waals surface area contributed by atoms with Crippen LogP contribution in [0.1, 0.15) is 37.7 Å². The number of aromatic nitrogens is 3. The minimum absolute atomic E-state index is 0.433. The molecule has 4 rings (SSSR count). The van der Waals surface area contributed by atoms with Crippen LogP contribution in [0.3, 0.4) is 0 Å². The molecule has 5 heteroatoms. The summed E-state index contributed by atoms with van der Waals surface area (Å²) in [7, 11) is 0. The molecule has 1 aromatic carbocycles. The van der Waals surface area contributed by atoms with Crippen LogP contribution in [0.15, 0.2) is 36.7 Å².